The first kappa shape index (κ1) is 15.6. The second-order valence-corrected chi connectivity index (χ2v) is 4.61. The van der Waals surface area contributed by atoms with E-state index >= 15 is 0 Å². The van der Waals surface area contributed by atoms with Gasteiger partial charge in [-0.3, -0.25) is 0 Å². The molecule has 0 aliphatic rings. The SMILES string of the molecule is C#Cc1cccc(NCc2cc(OC)c(OC)c(OC)c2)c1. The molecule has 0 aliphatic heterocycles. The van der Waals surface area contributed by atoms with Crippen molar-refractivity contribution in [1.29, 1.82) is 0 Å². The number of anilines is 1. The lowest BCUT2D eigenvalue weighted by atomic mass is 10.1. The van der Waals surface area contributed by atoms with Crippen LogP contribution >= 0.6 is 0 Å². The number of rotatable bonds is 6. The van der Waals surface area contributed by atoms with Crippen LogP contribution in [0, 0.1) is 12.3 Å². The normalized spacial score (nSPS) is 9.73. The first-order chi connectivity index (χ1) is 10.7. The molecule has 0 radical (unpaired) electrons. The Bertz CT molecular complexity index is 664. The van der Waals surface area contributed by atoms with Gasteiger partial charge in [0.15, 0.2) is 11.5 Å². The van der Waals surface area contributed by atoms with Gasteiger partial charge in [0.2, 0.25) is 5.75 Å². The van der Waals surface area contributed by atoms with Crippen LogP contribution in [0.25, 0.3) is 0 Å². The number of methoxy groups -OCH3 is 3. The fourth-order valence-corrected chi connectivity index (χ4v) is 2.16. The summed E-state index contributed by atoms with van der Waals surface area (Å²) in [4.78, 5) is 0. The van der Waals surface area contributed by atoms with E-state index in [0.29, 0.717) is 23.8 Å². The smallest absolute Gasteiger partial charge is 0.203 e. The molecule has 1 N–H and O–H groups in total. The van der Waals surface area contributed by atoms with Crippen molar-refractivity contribution in [2.24, 2.45) is 0 Å². The topological polar surface area (TPSA) is 39.7 Å². The van der Waals surface area contributed by atoms with Crippen molar-refractivity contribution in [2.45, 2.75) is 6.54 Å². The Balaban J connectivity index is 2.20. The molecule has 114 valence electrons. The predicted molar refractivity (Wildman–Crippen MR) is 87.8 cm³/mol. The predicted octanol–water partition coefficient (Wildman–Crippen LogP) is 3.31. The third-order valence-corrected chi connectivity index (χ3v) is 3.25. The molecule has 0 saturated heterocycles. The summed E-state index contributed by atoms with van der Waals surface area (Å²) in [5, 5.41) is 3.33. The maximum Gasteiger partial charge on any atom is 0.203 e. The quantitative estimate of drug-likeness (QED) is 0.830. The minimum atomic E-state index is 0.586. The van der Waals surface area contributed by atoms with E-state index < -0.39 is 0 Å². The van der Waals surface area contributed by atoms with Gasteiger partial charge in [-0.25, -0.2) is 0 Å². The van der Waals surface area contributed by atoms with Gasteiger partial charge in [0.1, 0.15) is 0 Å². The van der Waals surface area contributed by atoms with Crippen LogP contribution in [0.4, 0.5) is 5.69 Å². The summed E-state index contributed by atoms with van der Waals surface area (Å²) in [6, 6.07) is 11.5. The number of ether oxygens (including phenoxy) is 3. The highest BCUT2D eigenvalue weighted by molar-refractivity contribution is 5.55. The van der Waals surface area contributed by atoms with Gasteiger partial charge in [-0.2, -0.15) is 0 Å². The van der Waals surface area contributed by atoms with Crippen LogP contribution < -0.4 is 19.5 Å². The Morgan fingerprint density at radius 1 is 1.00 bits per heavy atom. The molecule has 0 bridgehead atoms. The molecule has 0 fully saturated rings. The molecule has 0 aromatic heterocycles. The van der Waals surface area contributed by atoms with Crippen molar-refractivity contribution < 1.29 is 14.2 Å². The van der Waals surface area contributed by atoms with Crippen molar-refractivity contribution in [3.8, 4) is 29.6 Å². The van der Waals surface area contributed by atoms with Crippen LogP contribution in [-0.2, 0) is 6.54 Å². The summed E-state index contributed by atoms with van der Waals surface area (Å²) in [6.07, 6.45) is 5.41. The first-order valence-corrected chi connectivity index (χ1v) is 6.81. The molecule has 2 aromatic carbocycles. The van der Waals surface area contributed by atoms with Crippen molar-refractivity contribution in [2.75, 3.05) is 26.6 Å². The highest BCUT2D eigenvalue weighted by Crippen LogP contribution is 2.38. The highest BCUT2D eigenvalue weighted by Gasteiger charge is 2.12. The molecule has 0 aliphatic carbocycles. The number of nitrogens with one attached hydrogen (secondary N) is 1. The maximum atomic E-state index is 5.41. The summed E-state index contributed by atoms with van der Waals surface area (Å²) in [5.41, 5.74) is 2.82. The average molecular weight is 297 g/mol. The van der Waals surface area contributed by atoms with Crippen LogP contribution in [0.5, 0.6) is 17.2 Å². The van der Waals surface area contributed by atoms with Crippen LogP contribution in [0.15, 0.2) is 36.4 Å². The number of hydrogen-bond donors (Lipinski definition) is 1. The van der Waals surface area contributed by atoms with E-state index in [1.54, 1.807) is 21.3 Å². The van der Waals surface area contributed by atoms with Crippen molar-refractivity contribution in [3.05, 3.63) is 47.5 Å². The minimum Gasteiger partial charge on any atom is -0.493 e. The Kier molecular flexibility index (Phi) is 5.16. The maximum absolute atomic E-state index is 5.41. The molecule has 0 atom stereocenters. The summed E-state index contributed by atoms with van der Waals surface area (Å²) < 4.78 is 16.0. The summed E-state index contributed by atoms with van der Waals surface area (Å²) in [6.45, 7) is 0.616. The van der Waals surface area contributed by atoms with Gasteiger partial charge in [0.25, 0.3) is 0 Å². The second kappa shape index (κ2) is 7.28. The van der Waals surface area contributed by atoms with Gasteiger partial charge in [-0.15, -0.1) is 6.42 Å². The lowest BCUT2D eigenvalue weighted by Crippen LogP contribution is -2.02. The lowest BCUT2D eigenvalue weighted by molar-refractivity contribution is 0.324. The Morgan fingerprint density at radius 2 is 1.68 bits per heavy atom. The van der Waals surface area contributed by atoms with Crippen LogP contribution in [0.3, 0.4) is 0 Å². The van der Waals surface area contributed by atoms with Crippen molar-refractivity contribution >= 4 is 5.69 Å². The van der Waals surface area contributed by atoms with Crippen molar-refractivity contribution in [3.63, 3.8) is 0 Å². The fourth-order valence-electron chi connectivity index (χ4n) is 2.16. The molecule has 2 aromatic rings. The van der Waals surface area contributed by atoms with E-state index in [0.717, 1.165) is 16.8 Å². The third kappa shape index (κ3) is 3.44. The Hall–Kier alpha value is -2.80. The molecule has 0 unspecified atom stereocenters. The fraction of sp³-hybridized carbons (Fsp3) is 0.222. The molecule has 4 nitrogen and oxygen atoms in total. The Morgan fingerprint density at radius 3 is 2.23 bits per heavy atom. The third-order valence-electron chi connectivity index (χ3n) is 3.25. The molecule has 22 heavy (non-hydrogen) atoms. The molecular formula is C18H19NO3. The number of terminal acetylenes is 1. The molecule has 2 rings (SSSR count). The highest BCUT2D eigenvalue weighted by atomic mass is 16.5. The zero-order chi connectivity index (χ0) is 15.9. The standard InChI is InChI=1S/C18H19NO3/c1-5-13-7-6-8-15(9-13)19-12-14-10-16(20-2)18(22-4)17(11-14)21-3/h1,6-11,19H,12H2,2-4H3. The number of benzene rings is 2. The van der Waals surface area contributed by atoms with Gasteiger partial charge in [0.05, 0.1) is 21.3 Å². The molecule has 0 spiro atoms. The Labute approximate surface area is 131 Å². The monoisotopic (exact) mass is 297 g/mol. The van der Waals surface area contributed by atoms with Gasteiger partial charge in [-0.05, 0) is 35.9 Å². The zero-order valence-corrected chi connectivity index (χ0v) is 13.0. The molecular weight excluding hydrogens is 278 g/mol. The molecule has 0 amide bonds. The van der Waals surface area contributed by atoms with Crippen molar-refractivity contribution in [1.82, 2.24) is 0 Å². The van der Waals surface area contributed by atoms with E-state index in [4.69, 9.17) is 20.6 Å². The minimum absolute atomic E-state index is 0.586. The number of hydrogen-bond acceptors (Lipinski definition) is 4. The average Bonchev–Trinajstić information content (AvgIpc) is 2.58. The lowest BCUT2D eigenvalue weighted by Gasteiger charge is -2.15. The van der Waals surface area contributed by atoms with Crippen LogP contribution in [0.2, 0.25) is 0 Å². The van der Waals surface area contributed by atoms with Gasteiger partial charge in [-0.1, -0.05) is 12.0 Å². The molecule has 4 heteroatoms. The van der Waals surface area contributed by atoms with Gasteiger partial charge in [0, 0.05) is 17.8 Å². The second-order valence-electron chi connectivity index (χ2n) is 4.61. The summed E-state index contributed by atoms with van der Waals surface area (Å²) >= 11 is 0. The van der Waals surface area contributed by atoms with E-state index in [1.165, 1.54) is 0 Å². The van der Waals surface area contributed by atoms with E-state index in [1.807, 2.05) is 36.4 Å². The summed E-state index contributed by atoms with van der Waals surface area (Å²) in [7, 11) is 4.79. The van der Waals surface area contributed by atoms with Gasteiger partial charge < -0.3 is 19.5 Å². The van der Waals surface area contributed by atoms with Crippen LogP contribution in [-0.4, -0.2) is 21.3 Å². The largest absolute Gasteiger partial charge is 0.493 e. The molecule has 0 heterocycles. The summed E-state index contributed by atoms with van der Waals surface area (Å²) in [5.74, 6) is 4.48. The van der Waals surface area contributed by atoms with Crippen LogP contribution in [0.1, 0.15) is 11.1 Å². The van der Waals surface area contributed by atoms with E-state index in [-0.39, 0.29) is 0 Å². The zero-order valence-electron chi connectivity index (χ0n) is 13.0. The van der Waals surface area contributed by atoms with E-state index in [9.17, 15) is 0 Å². The van der Waals surface area contributed by atoms with Gasteiger partial charge >= 0.3 is 0 Å². The first-order valence-electron chi connectivity index (χ1n) is 6.81. The molecule has 0 saturated carbocycles. The van der Waals surface area contributed by atoms with E-state index in [2.05, 4.69) is 11.2 Å².